The van der Waals surface area contributed by atoms with E-state index >= 15 is 0 Å². The Labute approximate surface area is 189 Å². The van der Waals surface area contributed by atoms with Gasteiger partial charge in [-0.25, -0.2) is 8.42 Å². The lowest BCUT2D eigenvalue weighted by molar-refractivity contribution is 0.0303. The molecule has 1 amide bonds. The topological polar surface area (TPSA) is 91.0 Å². The number of carbonyl (C=O) groups is 1. The summed E-state index contributed by atoms with van der Waals surface area (Å²) >= 11 is 0. The van der Waals surface area contributed by atoms with Crippen LogP contribution in [0.5, 0.6) is 0 Å². The van der Waals surface area contributed by atoms with E-state index in [0.717, 1.165) is 43.0 Å². The van der Waals surface area contributed by atoms with E-state index in [1.54, 1.807) is 35.2 Å². The molecule has 8 nitrogen and oxygen atoms in total. The molecule has 2 aromatic carbocycles. The third-order valence-electron chi connectivity index (χ3n) is 6.02. The maximum absolute atomic E-state index is 13.4. The van der Waals surface area contributed by atoms with Crippen molar-refractivity contribution in [2.24, 2.45) is 0 Å². The molecule has 2 aliphatic heterocycles. The summed E-state index contributed by atoms with van der Waals surface area (Å²) in [6, 6.07) is 10.3. The Balaban J connectivity index is 1.66. The van der Waals surface area contributed by atoms with Gasteiger partial charge in [0, 0.05) is 50.6 Å². The Hall–Kier alpha value is -2.62. The van der Waals surface area contributed by atoms with Crippen molar-refractivity contribution in [2.75, 3.05) is 62.1 Å². The molecule has 0 unspecified atom stereocenters. The quantitative estimate of drug-likeness (QED) is 0.712. The number of piperazine rings is 1. The first kappa shape index (κ1) is 22.6. The van der Waals surface area contributed by atoms with E-state index in [4.69, 9.17) is 4.74 Å². The molecule has 9 heteroatoms. The molecule has 2 fully saturated rings. The van der Waals surface area contributed by atoms with Crippen LogP contribution in [-0.4, -0.2) is 71.7 Å². The van der Waals surface area contributed by atoms with Crippen LogP contribution < -0.4 is 14.9 Å². The van der Waals surface area contributed by atoms with E-state index in [1.807, 2.05) is 19.9 Å². The Morgan fingerprint density at radius 3 is 2.38 bits per heavy atom. The lowest BCUT2D eigenvalue weighted by Gasteiger charge is -2.33. The van der Waals surface area contributed by atoms with E-state index in [-0.39, 0.29) is 10.8 Å². The second kappa shape index (κ2) is 9.48. The number of aryl methyl sites for hydroxylation is 2. The van der Waals surface area contributed by atoms with Crippen LogP contribution in [0.2, 0.25) is 0 Å². The van der Waals surface area contributed by atoms with Crippen LogP contribution in [0.15, 0.2) is 41.3 Å². The summed E-state index contributed by atoms with van der Waals surface area (Å²) in [4.78, 5) is 17.5. The molecule has 0 aliphatic carbocycles. The zero-order valence-electron chi connectivity index (χ0n) is 18.6. The van der Waals surface area contributed by atoms with E-state index < -0.39 is 10.0 Å². The zero-order chi connectivity index (χ0) is 22.7. The SMILES string of the molecule is Cc1ccc(S(=O)(=O)Nc2ccc(N3CCNCC3)c(C(=O)N3CCOCC3)c2)cc1C. The minimum absolute atomic E-state index is 0.103. The molecule has 4 rings (SSSR count). The molecular weight excluding hydrogens is 428 g/mol. The van der Waals surface area contributed by atoms with Gasteiger partial charge in [0.25, 0.3) is 15.9 Å². The summed E-state index contributed by atoms with van der Waals surface area (Å²) in [7, 11) is -3.78. The number of nitrogens with zero attached hydrogens (tertiary/aromatic N) is 2. The summed E-state index contributed by atoms with van der Waals surface area (Å²) in [5.74, 6) is -0.103. The molecule has 2 saturated heterocycles. The van der Waals surface area contributed by atoms with Crippen LogP contribution in [0.1, 0.15) is 21.5 Å². The number of nitrogens with one attached hydrogen (secondary N) is 2. The van der Waals surface area contributed by atoms with Crippen molar-refractivity contribution in [3.63, 3.8) is 0 Å². The van der Waals surface area contributed by atoms with Gasteiger partial charge >= 0.3 is 0 Å². The highest BCUT2D eigenvalue weighted by molar-refractivity contribution is 7.92. The Morgan fingerprint density at radius 2 is 1.69 bits per heavy atom. The summed E-state index contributed by atoms with van der Waals surface area (Å²) < 4.78 is 34.0. The minimum atomic E-state index is -3.78. The number of carbonyl (C=O) groups excluding carboxylic acids is 1. The maximum atomic E-state index is 13.4. The van der Waals surface area contributed by atoms with Crippen molar-refractivity contribution < 1.29 is 17.9 Å². The Kier molecular flexibility index (Phi) is 6.68. The van der Waals surface area contributed by atoms with Crippen LogP contribution in [0, 0.1) is 13.8 Å². The van der Waals surface area contributed by atoms with Crippen LogP contribution in [0.3, 0.4) is 0 Å². The average Bonchev–Trinajstić information content (AvgIpc) is 2.81. The number of ether oxygens (including phenoxy) is 1. The van der Waals surface area contributed by atoms with Gasteiger partial charge in [0.05, 0.1) is 23.7 Å². The number of hydrogen-bond donors (Lipinski definition) is 2. The van der Waals surface area contributed by atoms with Gasteiger partial charge in [-0.1, -0.05) is 6.07 Å². The molecular formula is C23H30N4O4S. The monoisotopic (exact) mass is 458 g/mol. The number of anilines is 2. The van der Waals surface area contributed by atoms with Crippen LogP contribution in [0.4, 0.5) is 11.4 Å². The van der Waals surface area contributed by atoms with Crippen molar-refractivity contribution in [3.05, 3.63) is 53.1 Å². The molecule has 0 aromatic heterocycles. The van der Waals surface area contributed by atoms with E-state index in [0.29, 0.717) is 37.6 Å². The Bertz CT molecular complexity index is 1090. The van der Waals surface area contributed by atoms with Crippen LogP contribution in [-0.2, 0) is 14.8 Å². The molecule has 0 atom stereocenters. The molecule has 2 aromatic rings. The lowest BCUT2D eigenvalue weighted by Crippen LogP contribution is -2.45. The van der Waals surface area contributed by atoms with Gasteiger partial charge in [-0.05, 0) is 55.3 Å². The molecule has 32 heavy (non-hydrogen) atoms. The van der Waals surface area contributed by atoms with Crippen molar-refractivity contribution in [2.45, 2.75) is 18.7 Å². The fourth-order valence-corrected chi connectivity index (χ4v) is 5.12. The van der Waals surface area contributed by atoms with Gasteiger partial charge in [0.15, 0.2) is 0 Å². The second-order valence-corrected chi connectivity index (χ2v) is 9.91. The average molecular weight is 459 g/mol. The third-order valence-corrected chi connectivity index (χ3v) is 7.40. The van der Waals surface area contributed by atoms with E-state index in [9.17, 15) is 13.2 Å². The first-order valence-corrected chi connectivity index (χ1v) is 12.4. The van der Waals surface area contributed by atoms with Crippen molar-refractivity contribution in [1.29, 1.82) is 0 Å². The summed E-state index contributed by atoms with van der Waals surface area (Å²) in [6.45, 7) is 9.15. The minimum Gasteiger partial charge on any atom is -0.378 e. The molecule has 0 bridgehead atoms. The normalized spacial score (nSPS) is 17.3. The number of morpholine rings is 1. The molecule has 0 spiro atoms. The summed E-state index contributed by atoms with van der Waals surface area (Å²) in [5.41, 5.74) is 3.65. The first-order valence-electron chi connectivity index (χ1n) is 10.9. The first-order chi connectivity index (χ1) is 15.3. The van der Waals surface area contributed by atoms with Crippen molar-refractivity contribution in [1.82, 2.24) is 10.2 Å². The van der Waals surface area contributed by atoms with Crippen LogP contribution in [0.25, 0.3) is 0 Å². The van der Waals surface area contributed by atoms with Gasteiger partial charge in [-0.2, -0.15) is 0 Å². The molecule has 2 aliphatic rings. The standard InChI is InChI=1S/C23H30N4O4S/c1-17-3-5-20(15-18(17)2)32(29,30)25-19-4-6-22(26-9-7-24-8-10-26)21(16-19)23(28)27-11-13-31-14-12-27/h3-6,15-16,24-25H,7-14H2,1-2H3. The van der Waals surface area contributed by atoms with Gasteiger partial charge in [0.1, 0.15) is 0 Å². The van der Waals surface area contributed by atoms with Gasteiger partial charge < -0.3 is 19.9 Å². The van der Waals surface area contributed by atoms with Crippen molar-refractivity contribution in [3.8, 4) is 0 Å². The predicted octanol–water partition coefficient (Wildman–Crippen LogP) is 1.99. The van der Waals surface area contributed by atoms with Gasteiger partial charge in [-0.15, -0.1) is 0 Å². The molecule has 2 heterocycles. The third kappa shape index (κ3) is 4.90. The number of hydrogen-bond acceptors (Lipinski definition) is 6. The van der Waals surface area contributed by atoms with Gasteiger partial charge in [0.2, 0.25) is 0 Å². The Morgan fingerprint density at radius 1 is 0.969 bits per heavy atom. The number of amides is 1. The maximum Gasteiger partial charge on any atom is 0.261 e. The van der Waals surface area contributed by atoms with E-state index in [2.05, 4.69) is 14.9 Å². The number of rotatable bonds is 5. The lowest BCUT2D eigenvalue weighted by atomic mass is 10.1. The number of sulfonamides is 1. The highest BCUT2D eigenvalue weighted by atomic mass is 32.2. The predicted molar refractivity (Wildman–Crippen MR) is 125 cm³/mol. The van der Waals surface area contributed by atoms with Crippen LogP contribution >= 0.6 is 0 Å². The largest absolute Gasteiger partial charge is 0.378 e. The van der Waals surface area contributed by atoms with Gasteiger partial charge in [-0.3, -0.25) is 9.52 Å². The second-order valence-electron chi connectivity index (χ2n) is 8.23. The highest BCUT2D eigenvalue weighted by Gasteiger charge is 2.25. The molecule has 172 valence electrons. The zero-order valence-corrected chi connectivity index (χ0v) is 19.4. The van der Waals surface area contributed by atoms with E-state index in [1.165, 1.54) is 0 Å². The highest BCUT2D eigenvalue weighted by Crippen LogP contribution is 2.28. The molecule has 0 radical (unpaired) electrons. The summed E-state index contributed by atoms with van der Waals surface area (Å²) in [5, 5.41) is 3.32. The fourth-order valence-electron chi connectivity index (χ4n) is 3.98. The fraction of sp³-hybridized carbons (Fsp3) is 0.435. The molecule has 0 saturated carbocycles. The van der Waals surface area contributed by atoms with Crippen molar-refractivity contribution >= 4 is 27.3 Å². The number of benzene rings is 2. The smallest absolute Gasteiger partial charge is 0.261 e. The molecule has 2 N–H and O–H groups in total. The summed E-state index contributed by atoms with van der Waals surface area (Å²) in [6.07, 6.45) is 0.